The van der Waals surface area contributed by atoms with Crippen LogP contribution in [0.2, 0.25) is 0 Å². The van der Waals surface area contributed by atoms with Crippen LogP contribution in [0.3, 0.4) is 0 Å². The van der Waals surface area contributed by atoms with Crippen molar-refractivity contribution in [3.05, 3.63) is 88.1 Å². The number of hydrazine groups is 1. The molecule has 2 atom stereocenters. The topological polar surface area (TPSA) is 81.8 Å². The van der Waals surface area contributed by atoms with Gasteiger partial charge in [-0.3, -0.25) is 19.8 Å². The highest BCUT2D eigenvalue weighted by molar-refractivity contribution is 7.10. The minimum Gasteiger partial charge on any atom is -0.367 e. The minimum atomic E-state index is -0.369. The monoisotopic (exact) mass is 498 g/mol. The summed E-state index contributed by atoms with van der Waals surface area (Å²) in [6, 6.07) is 16.8. The normalized spacial score (nSPS) is 21.0. The van der Waals surface area contributed by atoms with E-state index in [9.17, 15) is 14.4 Å². The van der Waals surface area contributed by atoms with Gasteiger partial charge in [0.1, 0.15) is 0 Å². The van der Waals surface area contributed by atoms with Gasteiger partial charge in [-0.2, -0.15) is 0 Å². The molecule has 3 heterocycles. The highest BCUT2D eigenvalue weighted by Crippen LogP contribution is 2.33. The first-order valence-corrected chi connectivity index (χ1v) is 13.1. The molecular formula is C28H26N4O3S. The Hall–Kier alpha value is -3.91. The molecule has 1 aliphatic carbocycles. The molecule has 36 heavy (non-hydrogen) atoms. The summed E-state index contributed by atoms with van der Waals surface area (Å²) in [4.78, 5) is 42.5. The lowest BCUT2D eigenvalue weighted by molar-refractivity contribution is -0.139. The maximum atomic E-state index is 13.1. The average Bonchev–Trinajstić information content (AvgIpc) is 3.39. The number of carbonyl (C=O) groups excluding carboxylic acids is 3. The van der Waals surface area contributed by atoms with E-state index in [2.05, 4.69) is 27.1 Å². The van der Waals surface area contributed by atoms with E-state index in [0.29, 0.717) is 29.8 Å². The molecule has 0 spiro atoms. The molecule has 0 saturated carbocycles. The molecule has 182 valence electrons. The third-order valence-corrected chi connectivity index (χ3v) is 8.22. The first-order chi connectivity index (χ1) is 17.6. The second kappa shape index (κ2) is 9.28. The highest BCUT2D eigenvalue weighted by atomic mass is 32.1. The number of nitrogens with zero attached hydrogens (tertiary/aromatic N) is 2. The lowest BCUT2D eigenvalue weighted by Gasteiger charge is -2.38. The van der Waals surface area contributed by atoms with Crippen LogP contribution in [0.5, 0.6) is 0 Å². The van der Waals surface area contributed by atoms with Crippen molar-refractivity contribution in [1.82, 2.24) is 5.43 Å². The van der Waals surface area contributed by atoms with Crippen LogP contribution in [0.15, 0.2) is 72.1 Å². The number of anilines is 3. The smallest absolute Gasteiger partial charge is 0.255 e. The van der Waals surface area contributed by atoms with Crippen LogP contribution in [-0.4, -0.2) is 24.3 Å². The zero-order valence-corrected chi connectivity index (χ0v) is 20.5. The molecule has 2 unspecified atom stereocenters. The van der Waals surface area contributed by atoms with Gasteiger partial charge in [0.2, 0.25) is 11.8 Å². The molecule has 0 bridgehead atoms. The number of hydrogen-bond acceptors (Lipinski definition) is 5. The van der Waals surface area contributed by atoms with Gasteiger partial charge in [-0.05, 0) is 78.7 Å². The second-order valence-corrected chi connectivity index (χ2v) is 10.4. The molecule has 3 aliphatic rings. The summed E-state index contributed by atoms with van der Waals surface area (Å²) in [6.45, 7) is 1.89. The maximum Gasteiger partial charge on any atom is 0.255 e. The third-order valence-electron chi connectivity index (χ3n) is 7.19. The van der Waals surface area contributed by atoms with Crippen molar-refractivity contribution in [2.75, 3.05) is 21.8 Å². The summed E-state index contributed by atoms with van der Waals surface area (Å²) in [6.07, 6.45) is 6.09. The summed E-state index contributed by atoms with van der Waals surface area (Å²) in [5.74, 6) is -1.29. The highest BCUT2D eigenvalue weighted by Gasteiger charge is 2.42. The SMILES string of the molecule is O=C(Nc1ccc(N2CCc3sccc3C2)cc1)c1cccc(N2NC(=O)C3CC=CCC3C2=O)c1. The molecule has 3 amide bonds. The Morgan fingerprint density at radius 3 is 2.61 bits per heavy atom. The second-order valence-electron chi connectivity index (χ2n) is 9.40. The Morgan fingerprint density at radius 2 is 1.78 bits per heavy atom. The van der Waals surface area contributed by atoms with Crippen LogP contribution in [-0.2, 0) is 22.6 Å². The number of carbonyl (C=O) groups is 3. The van der Waals surface area contributed by atoms with Crippen LogP contribution in [0.4, 0.5) is 17.1 Å². The van der Waals surface area contributed by atoms with Crippen LogP contribution < -0.4 is 20.7 Å². The summed E-state index contributed by atoms with van der Waals surface area (Å²) < 4.78 is 0. The van der Waals surface area contributed by atoms with Crippen LogP contribution in [0, 0.1) is 11.8 Å². The van der Waals surface area contributed by atoms with Crippen LogP contribution in [0.25, 0.3) is 0 Å². The van der Waals surface area contributed by atoms with Gasteiger partial charge in [0.15, 0.2) is 0 Å². The van der Waals surface area contributed by atoms with Gasteiger partial charge >= 0.3 is 0 Å². The van der Waals surface area contributed by atoms with Crippen LogP contribution in [0.1, 0.15) is 33.6 Å². The molecule has 0 radical (unpaired) electrons. The van der Waals surface area contributed by atoms with E-state index < -0.39 is 0 Å². The van der Waals surface area contributed by atoms with Gasteiger partial charge in [-0.25, -0.2) is 5.01 Å². The van der Waals surface area contributed by atoms with Gasteiger partial charge in [0.05, 0.1) is 17.5 Å². The third kappa shape index (κ3) is 4.18. The number of allylic oxidation sites excluding steroid dienone is 2. The molecular weight excluding hydrogens is 472 g/mol. The number of amides is 3. The van der Waals surface area contributed by atoms with Crippen molar-refractivity contribution in [2.24, 2.45) is 11.8 Å². The Bertz CT molecular complexity index is 1360. The summed E-state index contributed by atoms with van der Waals surface area (Å²) >= 11 is 1.83. The summed E-state index contributed by atoms with van der Waals surface area (Å²) in [5.41, 5.74) is 6.81. The predicted molar refractivity (Wildman–Crippen MR) is 141 cm³/mol. The van der Waals surface area contributed by atoms with E-state index in [-0.39, 0.29) is 29.6 Å². The number of hydrogen-bond donors (Lipinski definition) is 2. The molecule has 6 rings (SSSR count). The first kappa shape index (κ1) is 22.5. The van der Waals surface area contributed by atoms with E-state index in [4.69, 9.17) is 0 Å². The molecule has 1 fully saturated rings. The molecule has 2 aromatic carbocycles. The molecule has 1 saturated heterocycles. The van der Waals surface area contributed by atoms with E-state index in [1.807, 2.05) is 47.8 Å². The number of nitrogens with one attached hydrogen (secondary N) is 2. The van der Waals surface area contributed by atoms with Crippen molar-refractivity contribution in [3.63, 3.8) is 0 Å². The van der Waals surface area contributed by atoms with Gasteiger partial charge in [0, 0.05) is 34.9 Å². The fraction of sp³-hybridized carbons (Fsp3) is 0.250. The fourth-order valence-electron chi connectivity index (χ4n) is 5.20. The van der Waals surface area contributed by atoms with Gasteiger partial charge in [-0.15, -0.1) is 11.3 Å². The lowest BCUT2D eigenvalue weighted by atomic mass is 9.80. The Morgan fingerprint density at radius 1 is 0.972 bits per heavy atom. The summed E-state index contributed by atoms with van der Waals surface area (Å²) in [7, 11) is 0. The van der Waals surface area contributed by atoms with E-state index >= 15 is 0 Å². The van der Waals surface area contributed by atoms with E-state index in [1.165, 1.54) is 15.4 Å². The van der Waals surface area contributed by atoms with Crippen molar-refractivity contribution in [2.45, 2.75) is 25.8 Å². The molecule has 1 aromatic heterocycles. The number of benzene rings is 2. The quantitative estimate of drug-likeness (QED) is 0.518. The van der Waals surface area contributed by atoms with E-state index in [1.54, 1.807) is 24.3 Å². The summed E-state index contributed by atoms with van der Waals surface area (Å²) in [5, 5.41) is 6.38. The molecule has 7 nitrogen and oxygen atoms in total. The Labute approximate surface area is 213 Å². The van der Waals surface area contributed by atoms with Gasteiger partial charge in [-0.1, -0.05) is 18.2 Å². The minimum absolute atomic E-state index is 0.149. The molecule has 8 heteroatoms. The van der Waals surface area contributed by atoms with Crippen molar-refractivity contribution >= 4 is 46.1 Å². The van der Waals surface area contributed by atoms with Gasteiger partial charge < -0.3 is 10.2 Å². The van der Waals surface area contributed by atoms with Crippen molar-refractivity contribution in [1.29, 1.82) is 0 Å². The largest absolute Gasteiger partial charge is 0.367 e. The predicted octanol–water partition coefficient (Wildman–Crippen LogP) is 4.52. The fourth-order valence-corrected chi connectivity index (χ4v) is 6.09. The average molecular weight is 499 g/mol. The molecule has 2 aliphatic heterocycles. The Balaban J connectivity index is 1.14. The lowest BCUT2D eigenvalue weighted by Crippen LogP contribution is -2.59. The van der Waals surface area contributed by atoms with E-state index in [0.717, 1.165) is 25.2 Å². The van der Waals surface area contributed by atoms with Crippen molar-refractivity contribution < 1.29 is 14.4 Å². The maximum absolute atomic E-state index is 13.1. The first-order valence-electron chi connectivity index (χ1n) is 12.2. The van der Waals surface area contributed by atoms with Crippen LogP contribution >= 0.6 is 11.3 Å². The zero-order valence-electron chi connectivity index (χ0n) is 19.6. The van der Waals surface area contributed by atoms with Crippen molar-refractivity contribution in [3.8, 4) is 0 Å². The molecule has 2 N–H and O–H groups in total. The number of fused-ring (bicyclic) bond motifs is 2. The number of rotatable bonds is 4. The standard InChI is InChI=1S/C28H26N4O3S/c33-26(29-20-8-10-21(11-9-20)31-14-12-25-19(17-31)13-15-36-25)18-4-3-5-22(16-18)32-28(35)24-7-2-1-6-23(24)27(34)30-32/h1-5,8-11,13,15-16,23-24H,6-7,12,14,17H2,(H,29,33)(H,30,34). The Kier molecular flexibility index (Phi) is 5.81. The number of thiophene rings is 1. The molecule has 3 aromatic rings. The van der Waals surface area contributed by atoms with Gasteiger partial charge in [0.25, 0.3) is 5.91 Å². The zero-order chi connectivity index (χ0) is 24.6.